The van der Waals surface area contributed by atoms with Gasteiger partial charge < -0.3 is 9.73 Å². The minimum atomic E-state index is -1.09. The van der Waals surface area contributed by atoms with Gasteiger partial charge in [-0.25, -0.2) is 9.80 Å². The number of thiophene rings is 1. The van der Waals surface area contributed by atoms with E-state index in [0.717, 1.165) is 20.9 Å². The van der Waals surface area contributed by atoms with Crippen LogP contribution in [0.25, 0.3) is 0 Å². The minimum absolute atomic E-state index is 0.306. The van der Waals surface area contributed by atoms with Gasteiger partial charge in [-0.3, -0.25) is 14.5 Å². The SMILES string of the molecule is O=C1NC2(CCc3ccccc32)C(=O)N1CC(=O)N1N=C(c2ccco2)CC1c1cccs1. The van der Waals surface area contributed by atoms with Crippen LogP contribution in [-0.2, 0) is 21.5 Å². The summed E-state index contributed by atoms with van der Waals surface area (Å²) in [6.07, 6.45) is 3.25. The Morgan fingerprint density at radius 2 is 2.06 bits per heavy atom. The highest BCUT2D eigenvalue weighted by Gasteiger charge is 2.56. The molecule has 1 fully saturated rings. The molecule has 166 valence electrons. The number of carbonyl (C=O) groups is 3. The number of nitrogens with zero attached hydrogens (tertiary/aromatic N) is 3. The summed E-state index contributed by atoms with van der Waals surface area (Å²) in [5, 5.41) is 10.7. The maximum Gasteiger partial charge on any atom is 0.325 e. The van der Waals surface area contributed by atoms with Gasteiger partial charge in [0.05, 0.1) is 12.3 Å². The average molecular weight is 461 g/mol. The van der Waals surface area contributed by atoms with Gasteiger partial charge in [0.15, 0.2) is 0 Å². The number of benzene rings is 1. The monoisotopic (exact) mass is 460 g/mol. The quantitative estimate of drug-likeness (QED) is 0.604. The fraction of sp³-hybridized carbons (Fsp3) is 0.250. The summed E-state index contributed by atoms with van der Waals surface area (Å²) in [7, 11) is 0. The molecule has 0 saturated carbocycles. The van der Waals surface area contributed by atoms with Crippen LogP contribution in [-0.4, -0.2) is 40.0 Å². The third-order valence-corrected chi connectivity index (χ3v) is 7.53. The Labute approximate surface area is 193 Å². The molecule has 1 saturated heterocycles. The first-order valence-corrected chi connectivity index (χ1v) is 11.6. The van der Waals surface area contributed by atoms with Gasteiger partial charge >= 0.3 is 6.03 Å². The number of hydrogen-bond donors (Lipinski definition) is 1. The second kappa shape index (κ2) is 7.41. The van der Waals surface area contributed by atoms with Gasteiger partial charge in [-0.15, -0.1) is 11.3 Å². The summed E-state index contributed by atoms with van der Waals surface area (Å²) in [5.41, 5.74) is 1.43. The van der Waals surface area contributed by atoms with E-state index in [4.69, 9.17) is 4.42 Å². The second-order valence-corrected chi connectivity index (χ2v) is 9.36. The van der Waals surface area contributed by atoms with Crippen molar-refractivity contribution in [3.63, 3.8) is 0 Å². The maximum atomic E-state index is 13.4. The molecular formula is C24H20N4O4S. The Morgan fingerprint density at radius 1 is 1.18 bits per heavy atom. The van der Waals surface area contributed by atoms with Crippen molar-refractivity contribution in [3.05, 3.63) is 81.9 Å². The van der Waals surface area contributed by atoms with Crippen LogP contribution in [0.5, 0.6) is 0 Å². The van der Waals surface area contributed by atoms with E-state index in [1.54, 1.807) is 18.4 Å². The molecule has 33 heavy (non-hydrogen) atoms. The maximum absolute atomic E-state index is 13.4. The second-order valence-electron chi connectivity index (χ2n) is 8.38. The van der Waals surface area contributed by atoms with E-state index < -0.39 is 17.5 Å². The summed E-state index contributed by atoms with van der Waals surface area (Å²) in [6.45, 7) is -0.370. The van der Waals surface area contributed by atoms with Crippen LogP contribution in [0.2, 0.25) is 0 Å². The third kappa shape index (κ3) is 3.03. The fourth-order valence-electron chi connectivity index (χ4n) is 4.98. The molecule has 2 aliphatic heterocycles. The van der Waals surface area contributed by atoms with Crippen LogP contribution in [0.15, 0.2) is 69.7 Å². The Balaban J connectivity index is 1.28. The molecule has 4 amide bonds. The molecule has 1 spiro atoms. The summed E-state index contributed by atoms with van der Waals surface area (Å²) < 4.78 is 5.48. The molecule has 2 atom stereocenters. The van der Waals surface area contributed by atoms with Crippen molar-refractivity contribution in [2.75, 3.05) is 6.54 Å². The molecule has 0 radical (unpaired) electrons. The average Bonchev–Trinajstić information content (AvgIpc) is 3.62. The molecule has 0 bridgehead atoms. The van der Waals surface area contributed by atoms with Crippen molar-refractivity contribution in [1.29, 1.82) is 0 Å². The first-order chi connectivity index (χ1) is 16.1. The number of imide groups is 1. The lowest BCUT2D eigenvalue weighted by Gasteiger charge is -2.24. The van der Waals surface area contributed by atoms with E-state index in [0.29, 0.717) is 30.7 Å². The highest BCUT2D eigenvalue weighted by atomic mass is 32.1. The number of rotatable bonds is 4. The predicted molar refractivity (Wildman–Crippen MR) is 120 cm³/mol. The van der Waals surface area contributed by atoms with Crippen LogP contribution in [0.1, 0.15) is 40.6 Å². The number of amides is 4. The van der Waals surface area contributed by atoms with Gasteiger partial charge in [0.2, 0.25) is 0 Å². The molecule has 1 aromatic carbocycles. The van der Waals surface area contributed by atoms with Gasteiger partial charge in [-0.2, -0.15) is 5.10 Å². The summed E-state index contributed by atoms with van der Waals surface area (Å²) >= 11 is 1.53. The number of carbonyl (C=O) groups excluding carboxylic acids is 3. The third-order valence-electron chi connectivity index (χ3n) is 6.56. The highest BCUT2D eigenvalue weighted by molar-refractivity contribution is 7.10. The zero-order valence-electron chi connectivity index (χ0n) is 17.6. The van der Waals surface area contributed by atoms with Gasteiger partial charge in [-0.05, 0) is 47.5 Å². The van der Waals surface area contributed by atoms with E-state index in [2.05, 4.69) is 10.4 Å². The van der Waals surface area contributed by atoms with Gasteiger partial charge in [0.25, 0.3) is 11.8 Å². The van der Waals surface area contributed by atoms with Crippen molar-refractivity contribution in [2.45, 2.75) is 30.8 Å². The van der Waals surface area contributed by atoms with Crippen molar-refractivity contribution in [1.82, 2.24) is 15.2 Å². The van der Waals surface area contributed by atoms with Crippen molar-refractivity contribution < 1.29 is 18.8 Å². The lowest BCUT2D eigenvalue weighted by atomic mass is 9.92. The Morgan fingerprint density at radius 3 is 2.85 bits per heavy atom. The molecule has 2 unspecified atom stereocenters. The number of urea groups is 1. The number of aryl methyl sites for hydroxylation is 1. The topological polar surface area (TPSA) is 95.2 Å². The highest BCUT2D eigenvalue weighted by Crippen LogP contribution is 2.41. The van der Waals surface area contributed by atoms with E-state index in [1.165, 1.54) is 16.3 Å². The van der Waals surface area contributed by atoms with E-state index in [-0.39, 0.29) is 18.5 Å². The summed E-state index contributed by atoms with van der Waals surface area (Å²) in [6, 6.07) is 14.2. The van der Waals surface area contributed by atoms with Crippen LogP contribution in [0.3, 0.4) is 0 Å². The van der Waals surface area contributed by atoms with Crippen LogP contribution in [0.4, 0.5) is 4.79 Å². The molecule has 9 heteroatoms. The molecule has 4 heterocycles. The minimum Gasteiger partial charge on any atom is -0.463 e. The Hall–Kier alpha value is -3.72. The number of hydrazone groups is 1. The molecule has 3 aliphatic rings. The molecule has 8 nitrogen and oxygen atoms in total. The molecular weight excluding hydrogens is 440 g/mol. The van der Waals surface area contributed by atoms with E-state index in [9.17, 15) is 14.4 Å². The van der Waals surface area contributed by atoms with Gasteiger partial charge in [0, 0.05) is 11.3 Å². The van der Waals surface area contributed by atoms with Crippen LogP contribution in [0, 0.1) is 0 Å². The van der Waals surface area contributed by atoms with Crippen molar-refractivity contribution in [2.24, 2.45) is 5.10 Å². The molecule has 2 aromatic heterocycles. The van der Waals surface area contributed by atoms with Crippen molar-refractivity contribution >= 4 is 34.9 Å². The molecule has 3 aromatic rings. The lowest BCUT2D eigenvalue weighted by Crippen LogP contribution is -2.44. The number of hydrogen-bond acceptors (Lipinski definition) is 6. The summed E-state index contributed by atoms with van der Waals surface area (Å²) in [5.74, 6) is -0.196. The zero-order valence-corrected chi connectivity index (χ0v) is 18.4. The zero-order chi connectivity index (χ0) is 22.6. The predicted octanol–water partition coefficient (Wildman–Crippen LogP) is 3.41. The van der Waals surface area contributed by atoms with Gasteiger partial charge in [0.1, 0.15) is 23.6 Å². The number of nitrogens with one attached hydrogen (secondary N) is 1. The first kappa shape index (κ1) is 19.9. The summed E-state index contributed by atoms with van der Waals surface area (Å²) in [4.78, 5) is 41.7. The van der Waals surface area contributed by atoms with Crippen LogP contribution >= 0.6 is 11.3 Å². The first-order valence-electron chi connectivity index (χ1n) is 10.8. The van der Waals surface area contributed by atoms with E-state index >= 15 is 0 Å². The Bertz CT molecular complexity index is 1280. The molecule has 1 aliphatic carbocycles. The molecule has 1 N–H and O–H groups in total. The van der Waals surface area contributed by atoms with E-state index in [1.807, 2.05) is 41.8 Å². The fourth-order valence-corrected chi connectivity index (χ4v) is 5.79. The Kier molecular flexibility index (Phi) is 4.48. The van der Waals surface area contributed by atoms with Gasteiger partial charge in [-0.1, -0.05) is 30.3 Å². The standard InChI is InChI=1S/C24H20N4O4S/c29-21(28-18(20-8-4-12-33-20)13-17(26-28)19-7-3-11-32-19)14-27-22(30)24(25-23(27)31)10-9-15-5-1-2-6-16(15)24/h1-8,11-12,18H,9-10,13-14H2,(H,25,31). The lowest BCUT2D eigenvalue weighted by molar-refractivity contribution is -0.140. The number of furan rings is 1. The van der Waals surface area contributed by atoms with Crippen LogP contribution < -0.4 is 5.32 Å². The smallest absolute Gasteiger partial charge is 0.325 e. The number of fused-ring (bicyclic) bond motifs is 2. The molecule has 6 rings (SSSR count). The van der Waals surface area contributed by atoms with Crippen molar-refractivity contribution in [3.8, 4) is 0 Å². The largest absolute Gasteiger partial charge is 0.463 e. The normalized spacial score (nSPS) is 23.9.